The van der Waals surface area contributed by atoms with Gasteiger partial charge in [0.25, 0.3) is 5.91 Å². The van der Waals surface area contributed by atoms with Crippen LogP contribution in [0.5, 0.6) is 17.2 Å². The summed E-state index contributed by atoms with van der Waals surface area (Å²) in [6.07, 6.45) is -4.64. The number of ether oxygens (including phenoxy) is 3. The first-order valence-electron chi connectivity index (χ1n) is 8.74. The Morgan fingerprint density at radius 3 is 2.39 bits per heavy atom. The fourth-order valence-corrected chi connectivity index (χ4v) is 3.39. The third-order valence-electron chi connectivity index (χ3n) is 4.13. The number of para-hydroxylation sites is 1. The number of amides is 1. The van der Waals surface area contributed by atoms with E-state index in [0.29, 0.717) is 0 Å². The number of rotatable bonds is 6. The average Bonchev–Trinajstić information content (AvgIpc) is 3.21. The van der Waals surface area contributed by atoms with Gasteiger partial charge >= 0.3 is 12.1 Å². The molecule has 10 heteroatoms. The highest BCUT2D eigenvalue weighted by atomic mass is 32.1. The maximum atomic E-state index is 13.2. The summed E-state index contributed by atoms with van der Waals surface area (Å²) in [6.45, 7) is 0. The molecule has 0 bridgehead atoms. The third-order valence-corrected chi connectivity index (χ3v) is 5.00. The van der Waals surface area contributed by atoms with Gasteiger partial charge < -0.3 is 19.5 Å². The van der Waals surface area contributed by atoms with E-state index in [1.807, 2.05) is 0 Å². The van der Waals surface area contributed by atoms with Crippen molar-refractivity contribution in [2.45, 2.75) is 6.18 Å². The van der Waals surface area contributed by atoms with Crippen molar-refractivity contribution in [1.82, 2.24) is 0 Å². The highest BCUT2D eigenvalue weighted by molar-refractivity contribution is 7.12. The number of alkyl halides is 3. The number of anilines is 1. The zero-order valence-corrected chi connectivity index (χ0v) is 17.1. The summed E-state index contributed by atoms with van der Waals surface area (Å²) in [7, 11) is 2.57. The SMILES string of the molecule is COC(=O)c1sccc1Oc1ccc(C(F)(F)F)cc1NC(=O)c1ccccc1OC. The topological polar surface area (TPSA) is 73.9 Å². The van der Waals surface area contributed by atoms with Crippen LogP contribution in [-0.4, -0.2) is 26.1 Å². The Morgan fingerprint density at radius 2 is 1.71 bits per heavy atom. The molecule has 0 aliphatic carbocycles. The number of carbonyl (C=O) groups is 2. The van der Waals surface area contributed by atoms with Gasteiger partial charge in [-0.2, -0.15) is 13.2 Å². The van der Waals surface area contributed by atoms with Gasteiger partial charge in [0, 0.05) is 0 Å². The van der Waals surface area contributed by atoms with Gasteiger partial charge in [0.15, 0.2) is 16.4 Å². The first kappa shape index (κ1) is 22.2. The van der Waals surface area contributed by atoms with Crippen LogP contribution in [0.4, 0.5) is 18.9 Å². The zero-order chi connectivity index (χ0) is 22.6. The van der Waals surface area contributed by atoms with Gasteiger partial charge in [-0.1, -0.05) is 12.1 Å². The Labute approximate surface area is 179 Å². The molecule has 0 atom stereocenters. The first-order chi connectivity index (χ1) is 14.7. The largest absolute Gasteiger partial charge is 0.496 e. The normalized spacial score (nSPS) is 11.0. The maximum absolute atomic E-state index is 13.2. The van der Waals surface area contributed by atoms with Crippen molar-refractivity contribution in [2.24, 2.45) is 0 Å². The predicted molar refractivity (Wildman–Crippen MR) is 108 cm³/mol. The molecule has 31 heavy (non-hydrogen) atoms. The van der Waals surface area contributed by atoms with Crippen LogP contribution in [0.1, 0.15) is 25.6 Å². The van der Waals surface area contributed by atoms with Gasteiger partial charge in [-0.3, -0.25) is 4.79 Å². The molecule has 0 saturated carbocycles. The van der Waals surface area contributed by atoms with Crippen LogP contribution in [-0.2, 0) is 10.9 Å². The molecule has 0 aliphatic rings. The maximum Gasteiger partial charge on any atom is 0.416 e. The Hall–Kier alpha value is -3.53. The summed E-state index contributed by atoms with van der Waals surface area (Å²) in [5.74, 6) is -1.10. The minimum Gasteiger partial charge on any atom is -0.496 e. The van der Waals surface area contributed by atoms with Gasteiger partial charge in [-0.15, -0.1) is 11.3 Å². The molecule has 3 rings (SSSR count). The zero-order valence-electron chi connectivity index (χ0n) is 16.3. The van der Waals surface area contributed by atoms with Crippen LogP contribution in [0.3, 0.4) is 0 Å². The van der Waals surface area contributed by atoms with E-state index in [1.54, 1.807) is 23.6 Å². The monoisotopic (exact) mass is 451 g/mol. The molecule has 1 aromatic heterocycles. The lowest BCUT2D eigenvalue weighted by atomic mass is 10.1. The standard InChI is InChI=1S/C21H16F3NO5S/c1-28-15-6-4-3-5-13(15)19(26)25-14-11-12(21(22,23)24)7-8-16(14)30-17-9-10-31-18(17)20(27)29-2/h3-11H,1-2H3,(H,25,26). The van der Waals surface area contributed by atoms with Crippen molar-refractivity contribution >= 4 is 28.9 Å². The van der Waals surface area contributed by atoms with Crippen molar-refractivity contribution in [3.63, 3.8) is 0 Å². The van der Waals surface area contributed by atoms with Gasteiger partial charge in [0.05, 0.1) is 31.0 Å². The van der Waals surface area contributed by atoms with Crippen molar-refractivity contribution in [3.8, 4) is 17.2 Å². The van der Waals surface area contributed by atoms with Gasteiger partial charge in [-0.05, 0) is 41.8 Å². The summed E-state index contributed by atoms with van der Waals surface area (Å²) in [5.41, 5.74) is -1.08. The molecule has 0 fully saturated rings. The van der Waals surface area contributed by atoms with E-state index in [0.717, 1.165) is 29.5 Å². The van der Waals surface area contributed by atoms with E-state index < -0.39 is 23.6 Å². The predicted octanol–water partition coefficient (Wildman–Crippen LogP) is 5.61. The molecule has 1 amide bonds. The van der Waals surface area contributed by atoms with E-state index in [9.17, 15) is 22.8 Å². The number of methoxy groups -OCH3 is 2. The number of hydrogen-bond acceptors (Lipinski definition) is 6. The molecule has 1 N–H and O–H groups in total. The molecule has 0 radical (unpaired) electrons. The summed E-state index contributed by atoms with van der Waals surface area (Å²) in [6, 6.07) is 10.4. The Bertz CT molecular complexity index is 1110. The summed E-state index contributed by atoms with van der Waals surface area (Å²) >= 11 is 1.05. The van der Waals surface area contributed by atoms with Gasteiger partial charge in [0.2, 0.25) is 0 Å². The lowest BCUT2D eigenvalue weighted by Crippen LogP contribution is -2.15. The molecule has 0 unspecified atom stereocenters. The number of hydrogen-bond donors (Lipinski definition) is 1. The van der Waals surface area contributed by atoms with Crippen molar-refractivity contribution in [1.29, 1.82) is 0 Å². The minimum absolute atomic E-state index is 0.0835. The number of nitrogens with one attached hydrogen (secondary N) is 1. The van der Waals surface area contributed by atoms with E-state index in [4.69, 9.17) is 9.47 Å². The van der Waals surface area contributed by atoms with E-state index >= 15 is 0 Å². The number of esters is 1. The van der Waals surface area contributed by atoms with Gasteiger partial charge in [0.1, 0.15) is 5.75 Å². The Balaban J connectivity index is 2.00. The molecule has 162 valence electrons. The molecule has 3 aromatic rings. The quantitative estimate of drug-likeness (QED) is 0.494. The molecular formula is C21H16F3NO5S. The van der Waals surface area contributed by atoms with Crippen LogP contribution in [0, 0.1) is 0 Å². The van der Waals surface area contributed by atoms with Crippen molar-refractivity contribution < 1.29 is 37.0 Å². The minimum atomic E-state index is -4.64. The van der Waals surface area contributed by atoms with Crippen LogP contribution in [0.25, 0.3) is 0 Å². The van der Waals surface area contributed by atoms with Crippen LogP contribution >= 0.6 is 11.3 Å². The summed E-state index contributed by atoms with van der Waals surface area (Å²) in [5, 5.41) is 4.00. The Kier molecular flexibility index (Phi) is 6.50. The molecule has 0 spiro atoms. The second-order valence-corrected chi connectivity index (χ2v) is 6.99. The average molecular weight is 451 g/mol. The number of carbonyl (C=O) groups excluding carboxylic acids is 2. The Morgan fingerprint density at radius 1 is 0.968 bits per heavy atom. The molecular weight excluding hydrogens is 435 g/mol. The van der Waals surface area contributed by atoms with E-state index in [1.165, 1.54) is 26.4 Å². The molecule has 0 saturated heterocycles. The summed E-state index contributed by atoms with van der Waals surface area (Å²) < 4.78 is 55.2. The lowest BCUT2D eigenvalue weighted by molar-refractivity contribution is -0.137. The highest BCUT2D eigenvalue weighted by Gasteiger charge is 2.32. The molecule has 6 nitrogen and oxygen atoms in total. The molecule has 2 aromatic carbocycles. The van der Waals surface area contributed by atoms with Crippen LogP contribution in [0.15, 0.2) is 53.9 Å². The van der Waals surface area contributed by atoms with Crippen LogP contribution in [0.2, 0.25) is 0 Å². The number of thiophene rings is 1. The van der Waals surface area contributed by atoms with Crippen LogP contribution < -0.4 is 14.8 Å². The summed E-state index contributed by atoms with van der Waals surface area (Å²) in [4.78, 5) is 24.7. The van der Waals surface area contributed by atoms with Crippen molar-refractivity contribution in [3.05, 3.63) is 69.9 Å². The van der Waals surface area contributed by atoms with E-state index in [2.05, 4.69) is 10.1 Å². The smallest absolute Gasteiger partial charge is 0.416 e. The fraction of sp³-hybridized carbons (Fsp3) is 0.143. The third kappa shape index (κ3) is 4.97. The fourth-order valence-electron chi connectivity index (χ4n) is 2.65. The highest BCUT2D eigenvalue weighted by Crippen LogP contribution is 2.39. The second kappa shape index (κ2) is 9.09. The lowest BCUT2D eigenvalue weighted by Gasteiger charge is -2.16. The molecule has 1 heterocycles. The second-order valence-electron chi connectivity index (χ2n) is 6.07. The number of benzene rings is 2. The van der Waals surface area contributed by atoms with E-state index in [-0.39, 0.29) is 33.4 Å². The molecule has 0 aliphatic heterocycles. The first-order valence-corrected chi connectivity index (χ1v) is 9.62. The van der Waals surface area contributed by atoms with Crippen molar-refractivity contribution in [2.75, 3.05) is 19.5 Å². The number of halogens is 3. The van der Waals surface area contributed by atoms with Gasteiger partial charge in [-0.25, -0.2) is 4.79 Å².